The van der Waals surface area contributed by atoms with Crippen molar-refractivity contribution in [3.63, 3.8) is 0 Å². The van der Waals surface area contributed by atoms with E-state index in [1.54, 1.807) is 12.1 Å². The number of benzene rings is 2. The van der Waals surface area contributed by atoms with E-state index >= 15 is 0 Å². The lowest BCUT2D eigenvalue weighted by Crippen LogP contribution is -2.10. The number of aryl methyl sites for hydroxylation is 1. The zero-order valence-corrected chi connectivity index (χ0v) is 16.8. The summed E-state index contributed by atoms with van der Waals surface area (Å²) in [6, 6.07) is 17.2. The zero-order valence-electron chi connectivity index (χ0n) is 16.0. The van der Waals surface area contributed by atoms with Crippen LogP contribution in [0, 0.1) is 6.92 Å². The summed E-state index contributed by atoms with van der Waals surface area (Å²) >= 11 is 1.44. The molecule has 0 aliphatic heterocycles. The van der Waals surface area contributed by atoms with Gasteiger partial charge in [0.25, 0.3) is 5.91 Å². The Labute approximate surface area is 172 Å². The Hall–Kier alpha value is -3.38. The summed E-state index contributed by atoms with van der Waals surface area (Å²) in [5, 5.41) is 3.35. The number of hydrogen-bond donors (Lipinski definition) is 1. The van der Waals surface area contributed by atoms with Crippen molar-refractivity contribution in [2.24, 2.45) is 0 Å². The van der Waals surface area contributed by atoms with Crippen LogP contribution in [0.1, 0.15) is 27.4 Å². The smallest absolute Gasteiger partial charge is 0.293 e. The summed E-state index contributed by atoms with van der Waals surface area (Å²) in [6.07, 6.45) is 2.56. The van der Waals surface area contributed by atoms with Crippen molar-refractivity contribution < 1.29 is 13.9 Å². The zero-order chi connectivity index (χ0) is 20.2. The number of rotatable bonds is 7. The van der Waals surface area contributed by atoms with Gasteiger partial charge in [0, 0.05) is 0 Å². The number of nitrogens with zero attached hydrogens (tertiary/aromatic N) is 1. The molecule has 0 aliphatic rings. The number of fused-ring (bicyclic) bond motifs is 1. The molecular formula is C23H20N2O3S. The van der Waals surface area contributed by atoms with E-state index in [0.717, 1.165) is 33.5 Å². The third-order valence-corrected chi connectivity index (χ3v) is 5.29. The number of hydrogen-bond acceptors (Lipinski definition) is 5. The third-order valence-electron chi connectivity index (χ3n) is 4.36. The number of amides is 1. The Balaban J connectivity index is 1.41. The van der Waals surface area contributed by atoms with Crippen molar-refractivity contribution in [1.82, 2.24) is 4.98 Å². The highest BCUT2D eigenvalue weighted by Gasteiger charge is 2.14. The van der Waals surface area contributed by atoms with Crippen LogP contribution in [-0.2, 0) is 13.0 Å². The summed E-state index contributed by atoms with van der Waals surface area (Å²) in [4.78, 5) is 16.9. The number of ether oxygens (including phenoxy) is 1. The normalized spacial score (nSPS) is 10.8. The minimum Gasteiger partial charge on any atom is -0.485 e. The van der Waals surface area contributed by atoms with Gasteiger partial charge in [0.1, 0.15) is 18.1 Å². The van der Waals surface area contributed by atoms with E-state index < -0.39 is 0 Å². The topological polar surface area (TPSA) is 64.4 Å². The van der Waals surface area contributed by atoms with E-state index in [4.69, 9.17) is 9.15 Å². The van der Waals surface area contributed by atoms with Crippen molar-refractivity contribution in [2.75, 3.05) is 5.32 Å². The second kappa shape index (κ2) is 8.32. The number of carbonyl (C=O) groups is 1. The molecule has 2 aromatic heterocycles. The van der Waals surface area contributed by atoms with Gasteiger partial charge < -0.3 is 9.15 Å². The summed E-state index contributed by atoms with van der Waals surface area (Å²) < 4.78 is 12.5. The maximum absolute atomic E-state index is 12.5. The third kappa shape index (κ3) is 4.38. The maximum Gasteiger partial charge on any atom is 0.293 e. The van der Waals surface area contributed by atoms with Crippen LogP contribution in [0.25, 0.3) is 10.2 Å². The number of anilines is 1. The van der Waals surface area contributed by atoms with Gasteiger partial charge in [0.15, 0.2) is 10.9 Å². The van der Waals surface area contributed by atoms with Crippen LogP contribution in [0.2, 0.25) is 0 Å². The van der Waals surface area contributed by atoms with E-state index in [2.05, 4.69) is 22.9 Å². The van der Waals surface area contributed by atoms with Gasteiger partial charge in [-0.05, 0) is 54.8 Å². The van der Waals surface area contributed by atoms with Crippen LogP contribution < -0.4 is 10.1 Å². The van der Waals surface area contributed by atoms with Gasteiger partial charge in [-0.15, -0.1) is 6.58 Å². The molecule has 0 bridgehead atoms. The monoisotopic (exact) mass is 404 g/mol. The molecule has 0 atom stereocenters. The van der Waals surface area contributed by atoms with E-state index in [-0.39, 0.29) is 18.3 Å². The molecule has 0 saturated heterocycles. The number of para-hydroxylation sites is 1. The van der Waals surface area contributed by atoms with E-state index in [0.29, 0.717) is 10.9 Å². The molecule has 1 N–H and O–H groups in total. The first kappa shape index (κ1) is 19.0. The van der Waals surface area contributed by atoms with E-state index in [9.17, 15) is 4.79 Å². The van der Waals surface area contributed by atoms with Crippen molar-refractivity contribution in [2.45, 2.75) is 20.0 Å². The number of carbonyl (C=O) groups excluding carboxylic acids is 1. The first-order valence-electron chi connectivity index (χ1n) is 9.21. The van der Waals surface area contributed by atoms with E-state index in [1.165, 1.54) is 11.3 Å². The van der Waals surface area contributed by atoms with Gasteiger partial charge in [0.2, 0.25) is 0 Å². The molecule has 2 heterocycles. The minimum atomic E-state index is -0.334. The first-order chi connectivity index (χ1) is 14.1. The Bertz CT molecular complexity index is 1180. The SMILES string of the molecule is C=CCc1ccccc1OCc1ccc(C(=O)Nc2nc3ccc(C)cc3s2)o1. The van der Waals surface area contributed by atoms with Gasteiger partial charge in [0.05, 0.1) is 10.2 Å². The van der Waals surface area contributed by atoms with Crippen LogP contribution in [0.4, 0.5) is 5.13 Å². The molecule has 0 aliphatic carbocycles. The van der Waals surface area contributed by atoms with Crippen LogP contribution >= 0.6 is 11.3 Å². The highest BCUT2D eigenvalue weighted by molar-refractivity contribution is 7.22. The van der Waals surface area contributed by atoms with Crippen molar-refractivity contribution >= 4 is 32.6 Å². The van der Waals surface area contributed by atoms with Crippen LogP contribution in [0.3, 0.4) is 0 Å². The fourth-order valence-corrected chi connectivity index (χ4v) is 3.90. The minimum absolute atomic E-state index is 0.221. The lowest BCUT2D eigenvalue weighted by Gasteiger charge is -2.08. The number of furan rings is 1. The number of thiazole rings is 1. The Kier molecular flexibility index (Phi) is 5.44. The average molecular weight is 404 g/mol. The molecule has 0 spiro atoms. The Morgan fingerprint density at radius 3 is 2.97 bits per heavy atom. The summed E-state index contributed by atoms with van der Waals surface area (Å²) in [5.74, 6) is 1.24. The van der Waals surface area contributed by atoms with E-state index in [1.807, 2.05) is 49.4 Å². The summed E-state index contributed by atoms with van der Waals surface area (Å²) in [7, 11) is 0. The molecule has 0 saturated carbocycles. The van der Waals surface area contributed by atoms with Crippen LogP contribution in [0.15, 0.2) is 71.7 Å². The number of aromatic nitrogens is 1. The van der Waals surface area contributed by atoms with Crippen molar-refractivity contribution in [3.8, 4) is 5.75 Å². The fraction of sp³-hybridized carbons (Fsp3) is 0.130. The standard InChI is InChI=1S/C23H20N2O3S/c1-3-6-16-7-4-5-8-19(16)27-14-17-10-12-20(28-17)22(26)25-23-24-18-11-9-15(2)13-21(18)29-23/h3-5,7-13H,1,6,14H2,2H3,(H,24,25,26). The lowest BCUT2D eigenvalue weighted by atomic mass is 10.1. The van der Waals surface area contributed by atoms with Gasteiger partial charge in [-0.3, -0.25) is 10.1 Å². The molecule has 4 aromatic rings. The average Bonchev–Trinajstić information content (AvgIpc) is 3.34. The highest BCUT2D eigenvalue weighted by atomic mass is 32.1. The second-order valence-corrected chi connectivity index (χ2v) is 7.63. The molecular weight excluding hydrogens is 384 g/mol. The molecule has 29 heavy (non-hydrogen) atoms. The molecule has 6 heteroatoms. The maximum atomic E-state index is 12.5. The largest absolute Gasteiger partial charge is 0.485 e. The number of nitrogens with one attached hydrogen (secondary N) is 1. The molecule has 146 valence electrons. The van der Waals surface area contributed by atoms with Crippen LogP contribution in [-0.4, -0.2) is 10.9 Å². The second-order valence-electron chi connectivity index (χ2n) is 6.60. The van der Waals surface area contributed by atoms with Crippen LogP contribution in [0.5, 0.6) is 5.75 Å². The summed E-state index contributed by atoms with van der Waals surface area (Å²) in [5.41, 5.74) is 3.07. The predicted molar refractivity (Wildman–Crippen MR) is 116 cm³/mol. The molecule has 0 unspecified atom stereocenters. The van der Waals surface area contributed by atoms with Gasteiger partial charge >= 0.3 is 0 Å². The predicted octanol–water partition coefficient (Wildman–Crippen LogP) is 5.76. The molecule has 5 nitrogen and oxygen atoms in total. The van der Waals surface area contributed by atoms with Gasteiger partial charge in [-0.25, -0.2) is 4.98 Å². The van der Waals surface area contributed by atoms with Gasteiger partial charge in [-0.1, -0.05) is 41.7 Å². The molecule has 0 fully saturated rings. The quantitative estimate of drug-likeness (QED) is 0.398. The summed E-state index contributed by atoms with van der Waals surface area (Å²) in [6.45, 7) is 6.03. The molecule has 0 radical (unpaired) electrons. The van der Waals surface area contributed by atoms with Crippen molar-refractivity contribution in [3.05, 3.63) is 89.9 Å². The lowest BCUT2D eigenvalue weighted by molar-refractivity contribution is 0.0992. The number of allylic oxidation sites excluding steroid dienone is 1. The molecule has 1 amide bonds. The van der Waals surface area contributed by atoms with Crippen molar-refractivity contribution in [1.29, 1.82) is 0 Å². The van der Waals surface area contributed by atoms with Gasteiger partial charge in [-0.2, -0.15) is 0 Å². The Morgan fingerprint density at radius 2 is 2.10 bits per heavy atom. The molecule has 2 aromatic carbocycles. The highest BCUT2D eigenvalue weighted by Crippen LogP contribution is 2.27. The first-order valence-corrected chi connectivity index (χ1v) is 10.0. The Morgan fingerprint density at radius 1 is 1.24 bits per heavy atom. The molecule has 4 rings (SSSR count). The fourth-order valence-electron chi connectivity index (χ4n) is 2.94.